The second kappa shape index (κ2) is 21.5. The van der Waals surface area contributed by atoms with Gasteiger partial charge in [-0.2, -0.15) is 15.5 Å². The molecule has 7 heterocycles. The molecule has 2 saturated heterocycles. The third-order valence-corrected chi connectivity index (χ3v) is 10.0. The van der Waals surface area contributed by atoms with E-state index in [1.54, 1.807) is 76.5 Å². The number of rotatable bonds is 9. The van der Waals surface area contributed by atoms with E-state index in [2.05, 4.69) is 41.1 Å². The van der Waals surface area contributed by atoms with Crippen molar-refractivity contribution in [2.45, 2.75) is 20.5 Å². The summed E-state index contributed by atoms with van der Waals surface area (Å²) < 4.78 is 41.7. The van der Waals surface area contributed by atoms with Crippen LogP contribution in [0.2, 0.25) is 0 Å². The monoisotopic (exact) mass is 871 g/mol. The molecule has 0 radical (unpaired) electrons. The fourth-order valence-electron chi connectivity index (χ4n) is 6.96. The number of halogens is 2. The maximum atomic E-state index is 14.2. The lowest BCUT2D eigenvalue weighted by molar-refractivity contribution is 0.0552. The molecule has 2 fully saturated rings. The molecule has 2 aliphatic heterocycles. The Bertz CT molecular complexity index is 2750. The number of nitriles is 1. The van der Waals surface area contributed by atoms with Crippen molar-refractivity contribution in [1.82, 2.24) is 49.3 Å². The SMILES string of the molecule is C.CN(C)/C=C(\C#N)N1CCOCC1.N=C(N)c1nn(Cc2ccccc2F)c2ncccc12.Nc1nc(-c2nn(Cc3ccccc3F)c3ncccc23)ncc1N1CCOCC1. The van der Waals surface area contributed by atoms with Gasteiger partial charge in [-0.25, -0.2) is 38.1 Å². The van der Waals surface area contributed by atoms with Gasteiger partial charge in [0.25, 0.3) is 0 Å². The quantitative estimate of drug-likeness (QED) is 0.0957. The molecule has 0 amide bonds. The molecular formula is C45H51F2N15O2. The van der Waals surface area contributed by atoms with Crippen LogP contribution in [0.5, 0.6) is 0 Å². The Morgan fingerprint density at radius 2 is 1.34 bits per heavy atom. The zero-order valence-electron chi connectivity index (χ0n) is 34.9. The Morgan fingerprint density at radius 3 is 1.89 bits per heavy atom. The van der Waals surface area contributed by atoms with Crippen LogP contribution in [0.25, 0.3) is 33.6 Å². The number of morpholine rings is 2. The number of hydrogen-bond acceptors (Lipinski definition) is 14. The Hall–Kier alpha value is -7.56. The predicted molar refractivity (Wildman–Crippen MR) is 242 cm³/mol. The van der Waals surface area contributed by atoms with Crippen LogP contribution in [0.3, 0.4) is 0 Å². The van der Waals surface area contributed by atoms with E-state index in [0.717, 1.165) is 37.3 Å². The predicted octanol–water partition coefficient (Wildman–Crippen LogP) is 5.28. The van der Waals surface area contributed by atoms with Crippen LogP contribution in [-0.4, -0.2) is 122 Å². The Balaban J connectivity index is 0.000000173. The molecule has 7 aromatic rings. The van der Waals surface area contributed by atoms with Crippen LogP contribution in [0, 0.1) is 28.4 Å². The van der Waals surface area contributed by atoms with Crippen molar-refractivity contribution in [3.63, 3.8) is 0 Å². The van der Waals surface area contributed by atoms with Gasteiger partial charge in [0.2, 0.25) is 0 Å². The molecule has 5 aromatic heterocycles. The second-order valence-electron chi connectivity index (χ2n) is 14.6. The standard InChI is InChI=1S/C21H20FN7O.C14H12FN5.C9H15N3O.CH4/c22-16-6-2-1-4-14(16)13-29-21-15(5-3-7-24-21)18(27-29)20-25-12-17(19(23)26-20)28-8-10-30-11-9-28;15-11-6-2-1-4-9(11)8-20-14-10(5-3-7-18-14)12(19-20)13(16)17;1-11(2)8-9(7-10)12-3-5-13-6-4-12;/h1-7,12H,8-11,13H2,(H2,23,25,26);1-7H,8H2,(H3,16,17);8H,3-6H2,1-2H3;1H4/b;;9-8+;. The van der Waals surface area contributed by atoms with Gasteiger partial charge in [0.15, 0.2) is 22.9 Å². The summed E-state index contributed by atoms with van der Waals surface area (Å²) in [5.74, 6) is 0.0955. The molecule has 17 nitrogen and oxygen atoms in total. The van der Waals surface area contributed by atoms with Gasteiger partial charge in [0.1, 0.15) is 40.6 Å². The van der Waals surface area contributed by atoms with Crippen LogP contribution in [0.4, 0.5) is 20.3 Å². The molecule has 64 heavy (non-hydrogen) atoms. The summed E-state index contributed by atoms with van der Waals surface area (Å²) in [4.78, 5) is 23.7. The third-order valence-electron chi connectivity index (χ3n) is 10.0. The van der Waals surface area contributed by atoms with Gasteiger partial charge in [0, 0.05) is 70.0 Å². The van der Waals surface area contributed by atoms with E-state index in [4.69, 9.17) is 31.6 Å². The zero-order valence-corrected chi connectivity index (χ0v) is 34.9. The van der Waals surface area contributed by atoms with Gasteiger partial charge in [-0.1, -0.05) is 43.8 Å². The minimum Gasteiger partial charge on any atom is -0.382 e. The van der Waals surface area contributed by atoms with Gasteiger partial charge < -0.3 is 35.6 Å². The number of aromatic nitrogens is 8. The van der Waals surface area contributed by atoms with Crippen LogP contribution < -0.4 is 16.4 Å². The highest BCUT2D eigenvalue weighted by atomic mass is 19.1. The van der Waals surface area contributed by atoms with Crippen molar-refractivity contribution in [1.29, 1.82) is 10.7 Å². The van der Waals surface area contributed by atoms with Crippen molar-refractivity contribution in [2.24, 2.45) is 5.73 Å². The van der Waals surface area contributed by atoms with Crippen molar-refractivity contribution < 1.29 is 18.3 Å². The van der Waals surface area contributed by atoms with Gasteiger partial charge in [0.05, 0.1) is 62.2 Å². The molecule has 0 unspecified atom stereocenters. The van der Waals surface area contributed by atoms with Gasteiger partial charge in [-0.15, -0.1) is 0 Å². The number of allylic oxidation sites excluding steroid dienone is 1. The minimum atomic E-state index is -0.295. The maximum Gasteiger partial charge on any atom is 0.182 e. The molecule has 0 spiro atoms. The molecule has 2 aliphatic rings. The molecule has 19 heteroatoms. The van der Waals surface area contributed by atoms with Crippen LogP contribution in [0.15, 0.2) is 103 Å². The van der Waals surface area contributed by atoms with E-state index in [1.165, 1.54) is 12.1 Å². The number of hydrogen-bond donors (Lipinski definition) is 3. The largest absolute Gasteiger partial charge is 0.382 e. The fraction of sp³-hybridized carbons (Fsp3) is 0.289. The minimum absolute atomic E-state index is 0. The lowest BCUT2D eigenvalue weighted by Crippen LogP contribution is -2.36. The van der Waals surface area contributed by atoms with Crippen LogP contribution in [0.1, 0.15) is 24.2 Å². The van der Waals surface area contributed by atoms with Gasteiger partial charge in [-0.05, 0) is 36.4 Å². The highest BCUT2D eigenvalue weighted by molar-refractivity contribution is 6.04. The van der Waals surface area contributed by atoms with Crippen molar-refractivity contribution in [3.8, 4) is 17.6 Å². The Morgan fingerprint density at radius 1 is 0.797 bits per heavy atom. The molecule has 0 atom stereocenters. The first-order valence-electron chi connectivity index (χ1n) is 20.1. The normalized spacial score (nSPS) is 13.8. The maximum absolute atomic E-state index is 14.2. The summed E-state index contributed by atoms with van der Waals surface area (Å²) >= 11 is 0. The number of nitrogens with two attached hydrogens (primary N) is 2. The van der Waals surface area contributed by atoms with Crippen molar-refractivity contribution in [3.05, 3.63) is 132 Å². The van der Waals surface area contributed by atoms with Crippen LogP contribution in [-0.2, 0) is 22.6 Å². The first-order valence-corrected chi connectivity index (χ1v) is 20.1. The number of nitrogens with one attached hydrogen (secondary N) is 1. The fourth-order valence-corrected chi connectivity index (χ4v) is 6.96. The molecule has 0 aliphatic carbocycles. The smallest absolute Gasteiger partial charge is 0.182 e. The second-order valence-corrected chi connectivity index (χ2v) is 14.6. The van der Waals surface area contributed by atoms with Crippen molar-refractivity contribution >= 4 is 39.4 Å². The van der Waals surface area contributed by atoms with E-state index in [-0.39, 0.29) is 38.0 Å². The van der Waals surface area contributed by atoms with E-state index < -0.39 is 0 Å². The average Bonchev–Trinajstić information content (AvgIpc) is 3.86. The summed E-state index contributed by atoms with van der Waals surface area (Å²) in [6.45, 7) is 6.35. The van der Waals surface area contributed by atoms with E-state index in [1.807, 2.05) is 42.2 Å². The van der Waals surface area contributed by atoms with E-state index >= 15 is 0 Å². The number of nitrogen functional groups attached to an aromatic ring is 2. The lowest BCUT2D eigenvalue weighted by atomic mass is 10.2. The Kier molecular flexibility index (Phi) is 15.4. The topological polar surface area (TPSA) is 215 Å². The third kappa shape index (κ3) is 10.9. The summed E-state index contributed by atoms with van der Waals surface area (Å²) in [5.41, 5.74) is 16.5. The highest BCUT2D eigenvalue weighted by Crippen LogP contribution is 2.29. The van der Waals surface area contributed by atoms with Crippen LogP contribution >= 0.6 is 0 Å². The number of anilines is 2. The lowest BCUT2D eigenvalue weighted by Gasteiger charge is -2.29. The molecule has 0 bridgehead atoms. The number of fused-ring (bicyclic) bond motifs is 2. The summed E-state index contributed by atoms with van der Waals surface area (Å²) in [6, 6.07) is 22.6. The van der Waals surface area contributed by atoms with Gasteiger partial charge >= 0.3 is 0 Å². The Labute approximate surface area is 369 Å². The number of ether oxygens (including phenoxy) is 2. The summed E-state index contributed by atoms with van der Waals surface area (Å²) in [6.07, 6.45) is 6.88. The molecule has 5 N–H and O–H groups in total. The van der Waals surface area contributed by atoms with E-state index in [0.29, 0.717) is 83.0 Å². The van der Waals surface area contributed by atoms with Crippen molar-refractivity contribution in [2.75, 3.05) is 77.3 Å². The number of nitrogens with zero attached hydrogens (tertiary/aromatic N) is 12. The molecule has 2 aromatic carbocycles. The first-order chi connectivity index (χ1) is 30.6. The first kappa shape index (κ1) is 46.0. The summed E-state index contributed by atoms with van der Waals surface area (Å²) in [5, 5.41) is 26.8. The van der Waals surface area contributed by atoms with Gasteiger partial charge in [-0.3, -0.25) is 5.41 Å². The number of benzene rings is 2. The molecule has 9 rings (SSSR count). The zero-order chi connectivity index (χ0) is 44.3. The van der Waals surface area contributed by atoms with E-state index in [9.17, 15) is 8.78 Å². The number of pyridine rings is 2. The summed E-state index contributed by atoms with van der Waals surface area (Å²) in [7, 11) is 3.83. The molecule has 332 valence electrons. The highest BCUT2D eigenvalue weighted by Gasteiger charge is 2.21. The molecular weight excluding hydrogens is 821 g/mol. The number of amidine groups is 1. The average molecular weight is 872 g/mol. The molecule has 0 saturated carbocycles.